The number of aliphatic carboxylic acids is 1. The smallest absolute Gasteiger partial charge is 0.328 e. The van der Waals surface area contributed by atoms with Crippen molar-refractivity contribution in [1.29, 1.82) is 0 Å². The molecule has 0 fully saturated rings. The first kappa shape index (κ1) is 21.1. The molecule has 0 saturated heterocycles. The van der Waals surface area contributed by atoms with Gasteiger partial charge in [-0.15, -0.1) is 0 Å². The largest absolute Gasteiger partial charge is 0.480 e. The van der Waals surface area contributed by atoms with Crippen LogP contribution in [0.3, 0.4) is 0 Å². The fraction of sp³-hybridized carbons (Fsp3) is 0.579. The fourth-order valence-electron chi connectivity index (χ4n) is 2.49. The molecule has 0 aromatic heterocycles. The van der Waals surface area contributed by atoms with E-state index in [2.05, 4.69) is 0 Å². The molecular formula is C19H30N2O4. The van der Waals surface area contributed by atoms with Crippen molar-refractivity contribution in [3.63, 3.8) is 0 Å². The lowest BCUT2D eigenvalue weighted by Crippen LogP contribution is -2.59. The second kappa shape index (κ2) is 7.97. The summed E-state index contributed by atoms with van der Waals surface area (Å²) in [6.45, 7) is 10.8. The number of nitrogens with two attached hydrogens (primary N) is 1. The van der Waals surface area contributed by atoms with E-state index in [1.807, 2.05) is 26.8 Å². The Kier molecular flexibility index (Phi) is 6.74. The van der Waals surface area contributed by atoms with E-state index in [1.54, 1.807) is 45.0 Å². The van der Waals surface area contributed by atoms with Gasteiger partial charge in [-0.1, -0.05) is 30.3 Å². The Morgan fingerprint density at radius 2 is 1.64 bits per heavy atom. The number of carbonyl (C=O) groups excluding carboxylic acids is 1. The molecule has 0 saturated carbocycles. The van der Waals surface area contributed by atoms with Gasteiger partial charge in [0, 0.05) is 5.54 Å². The highest BCUT2D eigenvalue weighted by molar-refractivity contribution is 5.88. The SMILES string of the molecule is CC(C)(C)OCC(C(=O)O)N(C(=O)[C@H](N)c1ccccc1)C(C)(C)C. The summed E-state index contributed by atoms with van der Waals surface area (Å²) in [5.41, 5.74) is 5.53. The zero-order chi connectivity index (χ0) is 19.4. The van der Waals surface area contributed by atoms with Gasteiger partial charge in [-0.2, -0.15) is 0 Å². The lowest BCUT2D eigenvalue weighted by Gasteiger charge is -2.41. The Morgan fingerprint density at radius 3 is 2.04 bits per heavy atom. The minimum Gasteiger partial charge on any atom is -0.480 e. The molecule has 1 rings (SSSR count). The van der Waals surface area contributed by atoms with Crippen molar-refractivity contribution in [2.75, 3.05) is 6.61 Å². The molecule has 0 aliphatic carbocycles. The molecular weight excluding hydrogens is 320 g/mol. The van der Waals surface area contributed by atoms with Crippen LogP contribution in [0.15, 0.2) is 30.3 Å². The number of hydrogen-bond acceptors (Lipinski definition) is 4. The fourth-order valence-corrected chi connectivity index (χ4v) is 2.49. The monoisotopic (exact) mass is 350 g/mol. The Hall–Kier alpha value is -1.92. The molecule has 0 heterocycles. The Morgan fingerprint density at radius 1 is 1.12 bits per heavy atom. The summed E-state index contributed by atoms with van der Waals surface area (Å²) in [5, 5.41) is 9.69. The van der Waals surface area contributed by atoms with Gasteiger partial charge < -0.3 is 20.5 Å². The molecule has 0 bridgehead atoms. The summed E-state index contributed by atoms with van der Waals surface area (Å²) in [4.78, 5) is 26.2. The first-order chi connectivity index (χ1) is 11.3. The summed E-state index contributed by atoms with van der Waals surface area (Å²) in [5.74, 6) is -1.56. The van der Waals surface area contributed by atoms with Crippen molar-refractivity contribution >= 4 is 11.9 Å². The van der Waals surface area contributed by atoms with Gasteiger partial charge in [0.15, 0.2) is 6.04 Å². The topological polar surface area (TPSA) is 92.9 Å². The second-order valence-electron chi connectivity index (χ2n) is 8.04. The molecule has 1 aromatic carbocycles. The van der Waals surface area contributed by atoms with E-state index in [-0.39, 0.29) is 6.61 Å². The number of rotatable bonds is 6. The van der Waals surface area contributed by atoms with Crippen molar-refractivity contribution in [3.05, 3.63) is 35.9 Å². The Bertz CT molecular complexity index is 588. The highest BCUT2D eigenvalue weighted by atomic mass is 16.5. The van der Waals surface area contributed by atoms with E-state index in [9.17, 15) is 14.7 Å². The van der Waals surface area contributed by atoms with Crippen LogP contribution in [0, 0.1) is 0 Å². The van der Waals surface area contributed by atoms with Crippen LogP contribution in [-0.4, -0.2) is 45.7 Å². The maximum atomic E-state index is 13.0. The third kappa shape index (κ3) is 6.14. The number of amides is 1. The van der Waals surface area contributed by atoms with Crippen molar-refractivity contribution in [2.45, 2.75) is 64.8 Å². The van der Waals surface area contributed by atoms with Crippen LogP contribution >= 0.6 is 0 Å². The van der Waals surface area contributed by atoms with Gasteiger partial charge in [-0.3, -0.25) is 4.79 Å². The third-order valence-electron chi connectivity index (χ3n) is 3.66. The Labute approximate surface area is 150 Å². The summed E-state index contributed by atoms with van der Waals surface area (Å²) in [6, 6.07) is 6.87. The van der Waals surface area contributed by atoms with Gasteiger partial charge in [0.05, 0.1) is 12.2 Å². The summed E-state index contributed by atoms with van der Waals surface area (Å²) >= 11 is 0. The van der Waals surface area contributed by atoms with Crippen LogP contribution in [-0.2, 0) is 14.3 Å². The number of ether oxygens (including phenoxy) is 1. The second-order valence-corrected chi connectivity index (χ2v) is 8.04. The number of carboxylic acids is 1. The summed E-state index contributed by atoms with van der Waals surface area (Å²) in [6.07, 6.45) is 0. The maximum absolute atomic E-state index is 13.0. The van der Waals surface area contributed by atoms with Gasteiger partial charge >= 0.3 is 5.97 Å². The van der Waals surface area contributed by atoms with Crippen LogP contribution in [0.4, 0.5) is 0 Å². The number of carbonyl (C=O) groups is 2. The third-order valence-corrected chi connectivity index (χ3v) is 3.66. The quantitative estimate of drug-likeness (QED) is 0.822. The molecule has 0 aliphatic rings. The molecule has 25 heavy (non-hydrogen) atoms. The predicted octanol–water partition coefficient (Wildman–Crippen LogP) is 2.58. The van der Waals surface area contributed by atoms with Crippen molar-refractivity contribution in [3.8, 4) is 0 Å². The average molecular weight is 350 g/mol. The zero-order valence-corrected chi connectivity index (χ0v) is 15.9. The normalized spacial score (nSPS) is 14.7. The maximum Gasteiger partial charge on any atom is 0.328 e. The van der Waals surface area contributed by atoms with E-state index in [1.165, 1.54) is 4.90 Å². The van der Waals surface area contributed by atoms with Crippen LogP contribution in [0.1, 0.15) is 53.1 Å². The van der Waals surface area contributed by atoms with Gasteiger partial charge in [0.2, 0.25) is 5.91 Å². The zero-order valence-electron chi connectivity index (χ0n) is 15.9. The van der Waals surface area contributed by atoms with Gasteiger partial charge in [0.1, 0.15) is 6.04 Å². The van der Waals surface area contributed by atoms with Crippen LogP contribution < -0.4 is 5.73 Å². The van der Waals surface area contributed by atoms with Crippen LogP contribution in [0.5, 0.6) is 0 Å². The molecule has 2 atom stereocenters. The molecule has 0 aliphatic heterocycles. The van der Waals surface area contributed by atoms with E-state index in [4.69, 9.17) is 10.5 Å². The number of hydrogen-bond donors (Lipinski definition) is 2. The lowest BCUT2D eigenvalue weighted by molar-refractivity contribution is -0.161. The van der Waals surface area contributed by atoms with E-state index < -0.39 is 35.1 Å². The molecule has 6 heteroatoms. The first-order valence-electron chi connectivity index (χ1n) is 8.35. The summed E-state index contributed by atoms with van der Waals surface area (Å²) < 4.78 is 5.65. The molecule has 3 N–H and O–H groups in total. The van der Waals surface area contributed by atoms with E-state index >= 15 is 0 Å². The Balaban J connectivity index is 3.17. The van der Waals surface area contributed by atoms with Gasteiger partial charge in [-0.25, -0.2) is 4.79 Å². The van der Waals surface area contributed by atoms with Gasteiger partial charge in [-0.05, 0) is 47.1 Å². The average Bonchev–Trinajstić information content (AvgIpc) is 2.48. The number of nitrogens with zero attached hydrogens (tertiary/aromatic N) is 1. The van der Waals surface area contributed by atoms with E-state index in [0.29, 0.717) is 5.56 Å². The van der Waals surface area contributed by atoms with Crippen LogP contribution in [0.2, 0.25) is 0 Å². The lowest BCUT2D eigenvalue weighted by atomic mass is 9.98. The molecule has 1 amide bonds. The van der Waals surface area contributed by atoms with Crippen LogP contribution in [0.25, 0.3) is 0 Å². The molecule has 140 valence electrons. The molecule has 1 aromatic rings. The minimum absolute atomic E-state index is 0.108. The van der Waals surface area contributed by atoms with Gasteiger partial charge in [0.25, 0.3) is 0 Å². The highest BCUT2D eigenvalue weighted by Gasteiger charge is 2.40. The minimum atomic E-state index is -1.12. The molecule has 1 unspecified atom stereocenters. The predicted molar refractivity (Wildman–Crippen MR) is 97.1 cm³/mol. The standard InChI is InChI=1S/C19H30N2O4/c1-18(2,3)21(14(17(23)24)12-25-19(4,5)6)16(22)15(20)13-10-8-7-9-11-13/h7-11,14-15H,12,20H2,1-6H3,(H,23,24)/t14?,15-/m1/s1. The number of benzene rings is 1. The molecule has 0 radical (unpaired) electrons. The number of carboxylic acid groups (broad SMARTS) is 1. The summed E-state index contributed by atoms with van der Waals surface area (Å²) in [7, 11) is 0. The van der Waals surface area contributed by atoms with Crippen molar-refractivity contribution in [1.82, 2.24) is 4.90 Å². The van der Waals surface area contributed by atoms with Crippen molar-refractivity contribution < 1.29 is 19.4 Å². The molecule has 0 spiro atoms. The molecule has 6 nitrogen and oxygen atoms in total. The first-order valence-corrected chi connectivity index (χ1v) is 8.35. The van der Waals surface area contributed by atoms with Crippen molar-refractivity contribution in [2.24, 2.45) is 5.73 Å². The van der Waals surface area contributed by atoms with E-state index in [0.717, 1.165) is 0 Å². The highest BCUT2D eigenvalue weighted by Crippen LogP contribution is 2.24.